The molecule has 1 saturated heterocycles. The molecular formula is C17H13F2N5. The van der Waals surface area contributed by atoms with Crippen LogP contribution in [0.15, 0.2) is 30.5 Å². The number of benzene rings is 1. The molecule has 1 aliphatic rings. The normalized spacial score (nSPS) is 14.2. The topological polar surface area (TPSA) is 67.0 Å². The van der Waals surface area contributed by atoms with E-state index >= 15 is 0 Å². The van der Waals surface area contributed by atoms with Gasteiger partial charge in [0.1, 0.15) is 11.5 Å². The SMILES string of the molecule is N#Cc1ccnc(N2CCN(c3c(F)cc(C#N)cc3F)CC2)c1. The number of anilines is 2. The molecule has 1 aromatic heterocycles. The number of nitriles is 2. The standard InChI is InChI=1S/C17H13F2N5/c18-14-7-13(11-21)8-15(19)17(14)24-5-3-23(4-6-24)16-9-12(10-20)1-2-22-16/h1-2,7-9H,3-6H2. The molecule has 5 nitrogen and oxygen atoms in total. The van der Waals surface area contributed by atoms with Crippen molar-refractivity contribution < 1.29 is 8.78 Å². The summed E-state index contributed by atoms with van der Waals surface area (Å²) in [6, 6.07) is 9.21. The van der Waals surface area contributed by atoms with Gasteiger partial charge in [-0.15, -0.1) is 0 Å². The highest BCUT2D eigenvalue weighted by molar-refractivity contribution is 5.54. The molecular weight excluding hydrogens is 312 g/mol. The largest absolute Gasteiger partial charge is 0.363 e. The van der Waals surface area contributed by atoms with Crippen molar-refractivity contribution in [3.05, 3.63) is 53.2 Å². The fraction of sp³-hybridized carbons (Fsp3) is 0.235. The average Bonchev–Trinajstić information content (AvgIpc) is 2.61. The summed E-state index contributed by atoms with van der Waals surface area (Å²) >= 11 is 0. The maximum Gasteiger partial charge on any atom is 0.150 e. The second kappa shape index (κ2) is 6.51. The molecule has 1 aromatic carbocycles. The molecule has 0 radical (unpaired) electrons. The Morgan fingerprint density at radius 2 is 1.46 bits per heavy atom. The Morgan fingerprint density at radius 1 is 0.875 bits per heavy atom. The van der Waals surface area contributed by atoms with Crippen LogP contribution in [0, 0.1) is 34.3 Å². The Kier molecular flexibility index (Phi) is 4.26. The molecule has 0 atom stereocenters. The lowest BCUT2D eigenvalue weighted by atomic mass is 10.1. The molecule has 0 bridgehead atoms. The van der Waals surface area contributed by atoms with E-state index in [0.29, 0.717) is 37.6 Å². The number of rotatable bonds is 2. The molecule has 0 spiro atoms. The molecule has 7 heteroatoms. The third-order valence-corrected chi connectivity index (χ3v) is 3.94. The van der Waals surface area contributed by atoms with Gasteiger partial charge >= 0.3 is 0 Å². The van der Waals surface area contributed by atoms with Gasteiger partial charge in [0.25, 0.3) is 0 Å². The van der Waals surface area contributed by atoms with Crippen LogP contribution in [-0.2, 0) is 0 Å². The summed E-state index contributed by atoms with van der Waals surface area (Å²) in [7, 11) is 0. The van der Waals surface area contributed by atoms with Gasteiger partial charge in [0.05, 0.1) is 23.3 Å². The summed E-state index contributed by atoms with van der Waals surface area (Å²) in [6.45, 7) is 1.89. The van der Waals surface area contributed by atoms with E-state index < -0.39 is 11.6 Å². The van der Waals surface area contributed by atoms with Crippen LogP contribution >= 0.6 is 0 Å². The minimum atomic E-state index is -0.732. The second-order valence-corrected chi connectivity index (χ2v) is 5.39. The van der Waals surface area contributed by atoms with Gasteiger partial charge in [0, 0.05) is 32.4 Å². The van der Waals surface area contributed by atoms with E-state index in [0.717, 1.165) is 12.1 Å². The number of hydrogen-bond donors (Lipinski definition) is 0. The van der Waals surface area contributed by atoms with Crippen molar-refractivity contribution in [1.82, 2.24) is 4.98 Å². The van der Waals surface area contributed by atoms with Crippen LogP contribution in [-0.4, -0.2) is 31.2 Å². The molecule has 2 heterocycles. The molecule has 1 aliphatic heterocycles. The third kappa shape index (κ3) is 2.97. The fourth-order valence-corrected chi connectivity index (χ4v) is 2.75. The van der Waals surface area contributed by atoms with Gasteiger partial charge in [-0.25, -0.2) is 13.8 Å². The number of hydrogen-bond acceptors (Lipinski definition) is 5. The number of halogens is 2. The van der Waals surface area contributed by atoms with Gasteiger partial charge in [-0.3, -0.25) is 0 Å². The van der Waals surface area contributed by atoms with Crippen molar-refractivity contribution >= 4 is 11.5 Å². The van der Waals surface area contributed by atoms with Crippen molar-refractivity contribution in [3.8, 4) is 12.1 Å². The van der Waals surface area contributed by atoms with Crippen molar-refractivity contribution in [3.63, 3.8) is 0 Å². The summed E-state index contributed by atoms with van der Waals surface area (Å²) in [5.74, 6) is -0.788. The minimum absolute atomic E-state index is 0.0371. The average molecular weight is 325 g/mol. The molecule has 0 N–H and O–H groups in total. The summed E-state index contributed by atoms with van der Waals surface area (Å²) in [6.07, 6.45) is 1.57. The Balaban J connectivity index is 1.76. The molecule has 3 rings (SSSR count). The quantitative estimate of drug-likeness (QED) is 0.848. The highest BCUT2D eigenvalue weighted by Gasteiger charge is 2.23. The van der Waals surface area contributed by atoms with E-state index in [1.807, 2.05) is 4.90 Å². The fourth-order valence-electron chi connectivity index (χ4n) is 2.75. The first-order chi connectivity index (χ1) is 11.6. The first-order valence-electron chi connectivity index (χ1n) is 7.37. The molecule has 0 amide bonds. The Bertz CT molecular complexity index is 822. The molecule has 2 aromatic rings. The van der Waals surface area contributed by atoms with Crippen molar-refractivity contribution in [2.75, 3.05) is 36.0 Å². The van der Waals surface area contributed by atoms with Crippen LogP contribution in [0.5, 0.6) is 0 Å². The summed E-state index contributed by atoms with van der Waals surface area (Å²) in [4.78, 5) is 7.83. The minimum Gasteiger partial charge on any atom is -0.363 e. The lowest BCUT2D eigenvalue weighted by Gasteiger charge is -2.37. The van der Waals surface area contributed by atoms with E-state index in [9.17, 15) is 8.78 Å². The maximum atomic E-state index is 14.1. The zero-order valence-electron chi connectivity index (χ0n) is 12.7. The zero-order valence-corrected chi connectivity index (χ0v) is 12.7. The molecule has 0 unspecified atom stereocenters. The maximum absolute atomic E-state index is 14.1. The molecule has 0 saturated carbocycles. The molecule has 120 valence electrons. The molecule has 24 heavy (non-hydrogen) atoms. The Labute approximate surface area is 138 Å². The number of pyridine rings is 1. The zero-order chi connectivity index (χ0) is 17.1. The van der Waals surface area contributed by atoms with Crippen molar-refractivity contribution in [2.45, 2.75) is 0 Å². The lowest BCUT2D eigenvalue weighted by molar-refractivity contribution is 0.555. The van der Waals surface area contributed by atoms with E-state index in [4.69, 9.17) is 10.5 Å². The van der Waals surface area contributed by atoms with E-state index in [2.05, 4.69) is 11.1 Å². The van der Waals surface area contributed by atoms with Crippen molar-refractivity contribution in [2.24, 2.45) is 0 Å². The van der Waals surface area contributed by atoms with E-state index in [1.165, 1.54) is 0 Å². The molecule has 1 fully saturated rings. The Hall–Kier alpha value is -3.19. The predicted molar refractivity (Wildman–Crippen MR) is 84.5 cm³/mol. The third-order valence-electron chi connectivity index (χ3n) is 3.94. The second-order valence-electron chi connectivity index (χ2n) is 5.39. The van der Waals surface area contributed by atoms with Gasteiger partial charge in [0.2, 0.25) is 0 Å². The van der Waals surface area contributed by atoms with Gasteiger partial charge in [-0.05, 0) is 24.3 Å². The van der Waals surface area contributed by atoms with Crippen molar-refractivity contribution in [1.29, 1.82) is 10.5 Å². The van der Waals surface area contributed by atoms with Gasteiger partial charge < -0.3 is 9.80 Å². The summed E-state index contributed by atoms with van der Waals surface area (Å²) < 4.78 is 28.2. The first kappa shape index (κ1) is 15.7. The highest BCUT2D eigenvalue weighted by atomic mass is 19.1. The van der Waals surface area contributed by atoms with Crippen LogP contribution in [0.1, 0.15) is 11.1 Å². The number of nitrogens with zero attached hydrogens (tertiary/aromatic N) is 5. The van der Waals surface area contributed by atoms with Crippen LogP contribution in [0.4, 0.5) is 20.3 Å². The van der Waals surface area contributed by atoms with Gasteiger partial charge in [-0.2, -0.15) is 10.5 Å². The number of piperazine rings is 1. The highest BCUT2D eigenvalue weighted by Crippen LogP contribution is 2.26. The van der Waals surface area contributed by atoms with Crippen LogP contribution in [0.25, 0.3) is 0 Å². The van der Waals surface area contributed by atoms with E-state index in [-0.39, 0.29) is 11.3 Å². The Morgan fingerprint density at radius 3 is 2.04 bits per heavy atom. The van der Waals surface area contributed by atoms with E-state index in [1.54, 1.807) is 29.3 Å². The van der Waals surface area contributed by atoms with Crippen LogP contribution in [0.2, 0.25) is 0 Å². The van der Waals surface area contributed by atoms with Gasteiger partial charge in [0.15, 0.2) is 11.6 Å². The predicted octanol–water partition coefficient (Wildman–Crippen LogP) is 2.43. The smallest absolute Gasteiger partial charge is 0.150 e. The number of aromatic nitrogens is 1. The monoisotopic (exact) mass is 325 g/mol. The lowest BCUT2D eigenvalue weighted by Crippen LogP contribution is -2.47. The summed E-state index contributed by atoms with van der Waals surface area (Å²) in [5, 5.41) is 17.7. The molecule has 0 aliphatic carbocycles. The van der Waals surface area contributed by atoms with Gasteiger partial charge in [-0.1, -0.05) is 0 Å². The first-order valence-corrected chi connectivity index (χ1v) is 7.37. The van der Waals surface area contributed by atoms with Crippen LogP contribution in [0.3, 0.4) is 0 Å². The van der Waals surface area contributed by atoms with Crippen LogP contribution < -0.4 is 9.80 Å². The summed E-state index contributed by atoms with van der Waals surface area (Å²) in [5.41, 5.74) is 0.379.